The Morgan fingerprint density at radius 1 is 1.44 bits per heavy atom. The maximum Gasteiger partial charge on any atom is -0.0167 e. The van der Waals surface area contributed by atoms with Gasteiger partial charge in [-0.3, -0.25) is 0 Å². The summed E-state index contributed by atoms with van der Waals surface area (Å²) in [5.41, 5.74) is 1.48. The van der Waals surface area contributed by atoms with E-state index in [1.54, 1.807) is 0 Å². The average Bonchev–Trinajstić information content (AvgIpc) is 1.89. The van der Waals surface area contributed by atoms with E-state index in [0.717, 1.165) is 6.42 Å². The summed E-state index contributed by atoms with van der Waals surface area (Å²) in [6.07, 6.45) is 8.78. The van der Waals surface area contributed by atoms with E-state index >= 15 is 0 Å². The van der Waals surface area contributed by atoms with Crippen molar-refractivity contribution in [3.63, 3.8) is 0 Å². The minimum Gasteiger partial charge on any atom is -0.0914 e. The van der Waals surface area contributed by atoms with Gasteiger partial charge in [0.15, 0.2) is 0 Å². The van der Waals surface area contributed by atoms with E-state index in [1.165, 1.54) is 12.0 Å². The van der Waals surface area contributed by atoms with Gasteiger partial charge < -0.3 is 0 Å². The van der Waals surface area contributed by atoms with Gasteiger partial charge in [-0.1, -0.05) is 30.7 Å². The molecule has 9 heavy (non-hydrogen) atoms. The first kappa shape index (κ1) is 8.48. The molecule has 0 aliphatic heterocycles. The van der Waals surface area contributed by atoms with Crippen LogP contribution in [0.2, 0.25) is 0 Å². The van der Waals surface area contributed by atoms with Gasteiger partial charge in [0.1, 0.15) is 0 Å². The van der Waals surface area contributed by atoms with Crippen molar-refractivity contribution >= 4 is 0 Å². The molecular formula is C9H16. The Morgan fingerprint density at radius 3 is 2.56 bits per heavy atom. The van der Waals surface area contributed by atoms with E-state index in [0.29, 0.717) is 0 Å². The average molecular weight is 124 g/mol. The van der Waals surface area contributed by atoms with Gasteiger partial charge >= 0.3 is 0 Å². The highest BCUT2D eigenvalue weighted by molar-refractivity contribution is 5.00. The van der Waals surface area contributed by atoms with Gasteiger partial charge in [0.2, 0.25) is 0 Å². The highest BCUT2D eigenvalue weighted by Crippen LogP contribution is 1.99. The van der Waals surface area contributed by atoms with Gasteiger partial charge in [-0.2, -0.15) is 0 Å². The molecule has 0 rings (SSSR count). The normalized spacial score (nSPS) is 13.0. The Bertz CT molecular complexity index is 107. The second-order valence-electron chi connectivity index (χ2n) is 2.21. The van der Waals surface area contributed by atoms with Crippen LogP contribution >= 0.6 is 0 Å². The minimum absolute atomic E-state index is 1.09. The summed E-state index contributed by atoms with van der Waals surface area (Å²) < 4.78 is 0. The molecule has 0 fully saturated rings. The molecule has 0 nitrogen and oxygen atoms in total. The van der Waals surface area contributed by atoms with E-state index in [-0.39, 0.29) is 0 Å². The summed E-state index contributed by atoms with van der Waals surface area (Å²) in [6, 6.07) is 0. The zero-order valence-corrected chi connectivity index (χ0v) is 6.65. The van der Waals surface area contributed by atoms with E-state index in [4.69, 9.17) is 0 Å². The Labute approximate surface area is 58.3 Å². The number of hydrogen-bond donors (Lipinski definition) is 0. The van der Waals surface area contributed by atoms with E-state index in [2.05, 4.69) is 39.0 Å². The standard InChI is InChI=1S/C9H16/c1-4-6-7-8-9(3)5-2/h4,6,8H,5,7H2,1-3H3. The smallest absolute Gasteiger partial charge is 0.0167 e. The van der Waals surface area contributed by atoms with Crippen LogP contribution in [0.4, 0.5) is 0 Å². The molecular weight excluding hydrogens is 108 g/mol. The predicted octanol–water partition coefficient (Wildman–Crippen LogP) is 3.31. The lowest BCUT2D eigenvalue weighted by molar-refractivity contribution is 1.08. The predicted molar refractivity (Wildman–Crippen MR) is 43.5 cm³/mol. The molecule has 0 aromatic carbocycles. The maximum absolute atomic E-state index is 2.26. The van der Waals surface area contributed by atoms with E-state index < -0.39 is 0 Å². The Morgan fingerprint density at radius 2 is 2.11 bits per heavy atom. The third kappa shape index (κ3) is 5.35. The van der Waals surface area contributed by atoms with Crippen LogP contribution in [0.15, 0.2) is 23.8 Å². The molecule has 52 valence electrons. The second-order valence-corrected chi connectivity index (χ2v) is 2.21. The highest BCUT2D eigenvalue weighted by atomic mass is 13.9. The molecule has 0 amide bonds. The lowest BCUT2D eigenvalue weighted by atomic mass is 10.2. The molecule has 0 heteroatoms. The van der Waals surface area contributed by atoms with Crippen molar-refractivity contribution < 1.29 is 0 Å². The number of hydrogen-bond acceptors (Lipinski definition) is 0. The van der Waals surface area contributed by atoms with Gasteiger partial charge in [-0.15, -0.1) is 0 Å². The molecule has 0 aromatic rings. The fourth-order valence-electron chi connectivity index (χ4n) is 0.550. The zero-order chi connectivity index (χ0) is 7.11. The zero-order valence-electron chi connectivity index (χ0n) is 6.65. The highest BCUT2D eigenvalue weighted by Gasteiger charge is 1.78. The van der Waals surface area contributed by atoms with Crippen LogP contribution in [-0.4, -0.2) is 0 Å². The van der Waals surface area contributed by atoms with Crippen molar-refractivity contribution in [2.45, 2.75) is 33.6 Å². The first-order valence-electron chi connectivity index (χ1n) is 3.58. The number of allylic oxidation sites excluding steroid dienone is 4. The van der Waals surface area contributed by atoms with Crippen molar-refractivity contribution in [2.75, 3.05) is 0 Å². The second kappa shape index (κ2) is 5.61. The van der Waals surface area contributed by atoms with E-state index in [9.17, 15) is 0 Å². The van der Waals surface area contributed by atoms with Crippen LogP contribution in [0.1, 0.15) is 33.6 Å². The van der Waals surface area contributed by atoms with Gasteiger partial charge in [0.25, 0.3) is 0 Å². The molecule has 0 saturated heterocycles. The quantitative estimate of drug-likeness (QED) is 0.506. The lowest BCUT2D eigenvalue weighted by Crippen LogP contribution is -1.69. The van der Waals surface area contributed by atoms with Crippen LogP contribution in [0.25, 0.3) is 0 Å². The van der Waals surface area contributed by atoms with Crippen molar-refractivity contribution in [3.05, 3.63) is 23.8 Å². The molecule has 0 bridgehead atoms. The lowest BCUT2D eigenvalue weighted by Gasteiger charge is -1.90. The van der Waals surface area contributed by atoms with Crippen LogP contribution < -0.4 is 0 Å². The molecule has 0 aliphatic rings. The fraction of sp³-hybridized carbons (Fsp3) is 0.556. The van der Waals surface area contributed by atoms with Crippen molar-refractivity contribution in [1.29, 1.82) is 0 Å². The molecule has 0 aromatic heterocycles. The molecule has 0 radical (unpaired) electrons. The van der Waals surface area contributed by atoms with E-state index in [1.807, 2.05) is 0 Å². The molecule has 0 N–H and O–H groups in total. The summed E-state index contributed by atoms with van der Waals surface area (Å²) >= 11 is 0. The molecule has 0 saturated carbocycles. The Hall–Kier alpha value is -0.520. The first-order valence-corrected chi connectivity index (χ1v) is 3.58. The van der Waals surface area contributed by atoms with Gasteiger partial charge in [-0.05, 0) is 26.7 Å². The summed E-state index contributed by atoms with van der Waals surface area (Å²) in [7, 11) is 0. The van der Waals surface area contributed by atoms with Crippen LogP contribution in [0.3, 0.4) is 0 Å². The summed E-state index contributed by atoms with van der Waals surface area (Å²) in [4.78, 5) is 0. The Balaban J connectivity index is 3.43. The van der Waals surface area contributed by atoms with Gasteiger partial charge in [0.05, 0.1) is 0 Å². The van der Waals surface area contributed by atoms with Crippen molar-refractivity contribution in [1.82, 2.24) is 0 Å². The maximum atomic E-state index is 2.26. The van der Waals surface area contributed by atoms with Gasteiger partial charge in [-0.25, -0.2) is 0 Å². The summed E-state index contributed by atoms with van der Waals surface area (Å²) in [5, 5.41) is 0. The SMILES string of the molecule is CC=CCC=C(C)CC. The van der Waals surface area contributed by atoms with Crippen LogP contribution in [0, 0.1) is 0 Å². The molecule has 0 atom stereocenters. The third-order valence-electron chi connectivity index (χ3n) is 1.40. The molecule has 0 aliphatic carbocycles. The van der Waals surface area contributed by atoms with Crippen LogP contribution in [0.5, 0.6) is 0 Å². The number of rotatable bonds is 3. The molecule has 0 unspecified atom stereocenters. The Kier molecular flexibility index (Phi) is 5.29. The first-order chi connectivity index (χ1) is 4.31. The molecule has 0 spiro atoms. The van der Waals surface area contributed by atoms with Crippen molar-refractivity contribution in [3.8, 4) is 0 Å². The summed E-state index contributed by atoms with van der Waals surface area (Å²) in [5.74, 6) is 0. The largest absolute Gasteiger partial charge is 0.0914 e. The van der Waals surface area contributed by atoms with Gasteiger partial charge in [0, 0.05) is 0 Å². The summed E-state index contributed by atoms with van der Waals surface area (Å²) in [6.45, 7) is 6.40. The van der Waals surface area contributed by atoms with Crippen molar-refractivity contribution in [2.24, 2.45) is 0 Å². The van der Waals surface area contributed by atoms with Crippen LogP contribution in [-0.2, 0) is 0 Å². The topological polar surface area (TPSA) is 0 Å². The third-order valence-corrected chi connectivity index (χ3v) is 1.40. The fourth-order valence-corrected chi connectivity index (χ4v) is 0.550. The monoisotopic (exact) mass is 124 g/mol. The minimum atomic E-state index is 1.09. The molecule has 0 heterocycles.